The molecule has 6 nitrogen and oxygen atoms in total. The van der Waals surface area contributed by atoms with Crippen LogP contribution in [0.2, 0.25) is 0 Å². The van der Waals surface area contributed by atoms with Crippen LogP contribution >= 0.6 is 0 Å². The maximum absolute atomic E-state index is 13.4. The van der Waals surface area contributed by atoms with Crippen molar-refractivity contribution in [2.75, 3.05) is 40.5 Å². The summed E-state index contributed by atoms with van der Waals surface area (Å²) in [5, 5.41) is 0. The van der Waals surface area contributed by atoms with E-state index in [-0.39, 0.29) is 11.4 Å². The Bertz CT molecular complexity index is 934. The van der Waals surface area contributed by atoms with Crippen molar-refractivity contribution in [2.45, 2.75) is 44.5 Å². The van der Waals surface area contributed by atoms with Gasteiger partial charge in [-0.15, -0.1) is 0 Å². The number of rotatable bonds is 9. The Morgan fingerprint density at radius 1 is 1.19 bits per heavy atom. The van der Waals surface area contributed by atoms with Gasteiger partial charge >= 0.3 is 0 Å². The second-order valence-electron chi connectivity index (χ2n) is 8.72. The molecular weight excluding hydrogens is 404 g/mol. The number of ether oxygens (including phenoxy) is 3. The Balaban J connectivity index is 1.58. The normalized spacial score (nSPS) is 22.3. The van der Waals surface area contributed by atoms with Crippen molar-refractivity contribution in [1.29, 1.82) is 0 Å². The Morgan fingerprint density at radius 3 is 2.81 bits per heavy atom. The quantitative estimate of drug-likeness (QED) is 0.599. The first kappa shape index (κ1) is 22.8. The number of fused-ring (bicyclic) bond motifs is 2. The van der Waals surface area contributed by atoms with E-state index in [9.17, 15) is 4.79 Å². The van der Waals surface area contributed by atoms with Crippen LogP contribution in [0.15, 0.2) is 48.5 Å². The average molecular weight is 439 g/mol. The zero-order chi connectivity index (χ0) is 22.6. The second-order valence-corrected chi connectivity index (χ2v) is 8.72. The summed E-state index contributed by atoms with van der Waals surface area (Å²) in [5.74, 6) is 0.934. The van der Waals surface area contributed by atoms with Crippen molar-refractivity contribution in [3.63, 3.8) is 0 Å². The molecule has 0 saturated carbocycles. The number of nitrogens with zero attached hydrogens (tertiary/aromatic N) is 2. The van der Waals surface area contributed by atoms with Crippen LogP contribution in [0.3, 0.4) is 0 Å². The fourth-order valence-electron chi connectivity index (χ4n) is 5.07. The number of methoxy groups -OCH3 is 2. The van der Waals surface area contributed by atoms with Gasteiger partial charge in [0.1, 0.15) is 11.9 Å². The van der Waals surface area contributed by atoms with Gasteiger partial charge in [-0.3, -0.25) is 9.69 Å². The maximum atomic E-state index is 13.4. The van der Waals surface area contributed by atoms with E-state index in [1.807, 2.05) is 17.0 Å². The summed E-state index contributed by atoms with van der Waals surface area (Å²) in [4.78, 5) is 17.7. The molecule has 0 aliphatic carbocycles. The summed E-state index contributed by atoms with van der Waals surface area (Å²) in [5.41, 5.74) is 3.51. The number of carbonyl (C=O) groups is 1. The zero-order valence-electron chi connectivity index (χ0n) is 19.4. The fourth-order valence-corrected chi connectivity index (χ4v) is 5.07. The molecule has 0 N–H and O–H groups in total. The lowest BCUT2D eigenvalue weighted by Gasteiger charge is -2.35. The van der Waals surface area contributed by atoms with E-state index in [4.69, 9.17) is 14.2 Å². The van der Waals surface area contributed by atoms with Gasteiger partial charge in [0.2, 0.25) is 0 Å². The lowest BCUT2D eigenvalue weighted by molar-refractivity contribution is -0.141. The van der Waals surface area contributed by atoms with Crippen molar-refractivity contribution in [1.82, 2.24) is 9.80 Å². The summed E-state index contributed by atoms with van der Waals surface area (Å²) >= 11 is 0. The van der Waals surface area contributed by atoms with Gasteiger partial charge in [0, 0.05) is 39.7 Å². The Labute approximate surface area is 191 Å². The fraction of sp³-hybridized carbons (Fsp3) is 0.500. The van der Waals surface area contributed by atoms with Gasteiger partial charge in [-0.2, -0.15) is 0 Å². The molecule has 2 heterocycles. The number of hydrogen-bond acceptors (Lipinski definition) is 5. The van der Waals surface area contributed by atoms with Crippen molar-refractivity contribution >= 4 is 5.91 Å². The first-order valence-electron chi connectivity index (χ1n) is 11.5. The van der Waals surface area contributed by atoms with Crippen LogP contribution in [0.4, 0.5) is 0 Å². The molecule has 1 amide bonds. The smallest absolute Gasteiger partial charge is 0.251 e. The number of benzene rings is 2. The molecule has 2 aromatic carbocycles. The van der Waals surface area contributed by atoms with Crippen molar-refractivity contribution in [3.8, 4) is 5.75 Å². The highest BCUT2D eigenvalue weighted by molar-refractivity contribution is 5.81. The molecule has 6 heteroatoms. The number of amides is 1. The maximum Gasteiger partial charge on any atom is 0.251 e. The van der Waals surface area contributed by atoms with Gasteiger partial charge in [-0.1, -0.05) is 43.3 Å². The topological polar surface area (TPSA) is 51.2 Å². The van der Waals surface area contributed by atoms with Crippen LogP contribution in [0.5, 0.6) is 5.75 Å². The molecule has 172 valence electrons. The highest BCUT2D eigenvalue weighted by atomic mass is 16.5. The summed E-state index contributed by atoms with van der Waals surface area (Å²) < 4.78 is 16.9. The van der Waals surface area contributed by atoms with E-state index in [2.05, 4.69) is 48.2 Å². The van der Waals surface area contributed by atoms with Gasteiger partial charge in [-0.25, -0.2) is 0 Å². The van der Waals surface area contributed by atoms with E-state index < -0.39 is 6.10 Å². The van der Waals surface area contributed by atoms with Gasteiger partial charge < -0.3 is 19.1 Å². The third-order valence-corrected chi connectivity index (χ3v) is 6.69. The monoisotopic (exact) mass is 438 g/mol. The molecule has 1 fully saturated rings. The largest absolute Gasteiger partial charge is 0.497 e. The molecular formula is C26H34N2O4. The molecule has 0 unspecified atom stereocenters. The SMILES string of the molecule is CCCN(CCOC)C(=O)[C@H]1C[C@]2(CO1)c1ccccc1CN2Cc1cccc(OC)c1. The third kappa shape index (κ3) is 4.40. The third-order valence-electron chi connectivity index (χ3n) is 6.69. The minimum atomic E-state index is -0.433. The molecule has 0 bridgehead atoms. The van der Waals surface area contributed by atoms with E-state index in [1.54, 1.807) is 14.2 Å². The Hall–Kier alpha value is -2.41. The van der Waals surface area contributed by atoms with Crippen molar-refractivity contribution in [2.24, 2.45) is 0 Å². The Kier molecular flexibility index (Phi) is 7.13. The minimum Gasteiger partial charge on any atom is -0.497 e. The highest BCUT2D eigenvalue weighted by Crippen LogP contribution is 2.47. The molecule has 4 rings (SSSR count). The second kappa shape index (κ2) is 10.0. The predicted octanol–water partition coefficient (Wildman–Crippen LogP) is 3.58. The molecule has 2 aliphatic heterocycles. The molecule has 0 radical (unpaired) electrons. The van der Waals surface area contributed by atoms with E-state index in [0.717, 1.165) is 31.8 Å². The molecule has 2 aliphatic rings. The van der Waals surface area contributed by atoms with Crippen LogP contribution in [0.1, 0.15) is 36.5 Å². The van der Waals surface area contributed by atoms with Crippen LogP contribution in [-0.2, 0) is 32.9 Å². The average Bonchev–Trinajstić information content (AvgIpc) is 3.39. The molecule has 2 aromatic rings. The van der Waals surface area contributed by atoms with E-state index in [0.29, 0.717) is 26.2 Å². The van der Waals surface area contributed by atoms with Gasteiger partial charge in [0.15, 0.2) is 0 Å². The molecule has 1 saturated heterocycles. The molecule has 32 heavy (non-hydrogen) atoms. The number of hydrogen-bond donors (Lipinski definition) is 0. The van der Waals surface area contributed by atoms with Crippen LogP contribution in [0.25, 0.3) is 0 Å². The van der Waals surface area contributed by atoms with Crippen LogP contribution in [0, 0.1) is 0 Å². The van der Waals surface area contributed by atoms with E-state index >= 15 is 0 Å². The standard InChI is InChI=1S/C26H34N2O4/c1-4-12-27(13-14-30-2)25(29)24-16-26(19-32-24)23-11-6-5-9-21(23)18-28(26)17-20-8-7-10-22(15-20)31-3/h5-11,15,24H,4,12-14,16-19H2,1-3H3/t24-,26+/m1/s1. The van der Waals surface area contributed by atoms with Crippen molar-refractivity contribution in [3.05, 3.63) is 65.2 Å². The molecule has 0 aromatic heterocycles. The van der Waals surface area contributed by atoms with E-state index in [1.165, 1.54) is 16.7 Å². The minimum absolute atomic E-state index is 0.0755. The zero-order valence-corrected chi connectivity index (χ0v) is 19.4. The highest BCUT2D eigenvalue weighted by Gasteiger charge is 2.52. The first-order chi connectivity index (χ1) is 15.6. The predicted molar refractivity (Wildman–Crippen MR) is 123 cm³/mol. The summed E-state index contributed by atoms with van der Waals surface area (Å²) in [6, 6.07) is 16.8. The van der Waals surface area contributed by atoms with Crippen LogP contribution in [-0.4, -0.2) is 62.3 Å². The Morgan fingerprint density at radius 2 is 2.03 bits per heavy atom. The van der Waals surface area contributed by atoms with Gasteiger partial charge in [0.25, 0.3) is 5.91 Å². The lowest BCUT2D eigenvalue weighted by Crippen LogP contribution is -2.44. The lowest BCUT2D eigenvalue weighted by atomic mass is 9.86. The van der Waals surface area contributed by atoms with Crippen molar-refractivity contribution < 1.29 is 19.0 Å². The summed E-state index contributed by atoms with van der Waals surface area (Å²) in [6.07, 6.45) is 1.15. The van der Waals surface area contributed by atoms with Crippen LogP contribution < -0.4 is 4.74 Å². The molecule has 1 spiro atoms. The number of carbonyl (C=O) groups excluding carboxylic acids is 1. The summed E-state index contributed by atoms with van der Waals surface area (Å²) in [6.45, 7) is 6.09. The van der Waals surface area contributed by atoms with Gasteiger partial charge in [-0.05, 0) is 35.2 Å². The summed E-state index contributed by atoms with van der Waals surface area (Å²) in [7, 11) is 3.36. The first-order valence-corrected chi connectivity index (χ1v) is 11.5. The van der Waals surface area contributed by atoms with Gasteiger partial charge in [0.05, 0.1) is 25.9 Å². The molecule has 2 atom stereocenters.